The van der Waals surface area contributed by atoms with Gasteiger partial charge < -0.3 is 5.73 Å². The van der Waals surface area contributed by atoms with Crippen LogP contribution in [-0.4, -0.2) is 30.6 Å². The minimum atomic E-state index is 0.759. The molecule has 0 aliphatic carbocycles. The van der Waals surface area contributed by atoms with Crippen LogP contribution in [0.5, 0.6) is 0 Å². The number of nitrogens with zero attached hydrogens (tertiary/aromatic N) is 1. The second kappa shape index (κ2) is 4.07. The molecular formula is C9H20N2. The fourth-order valence-corrected chi connectivity index (χ4v) is 1.86. The van der Waals surface area contributed by atoms with Crippen molar-refractivity contribution in [2.45, 2.75) is 32.7 Å². The summed E-state index contributed by atoms with van der Waals surface area (Å²) in [6, 6.07) is 0.759. The summed E-state index contributed by atoms with van der Waals surface area (Å²) in [5, 5.41) is 0. The number of nitrogens with two attached hydrogens (primary N) is 1. The highest BCUT2D eigenvalue weighted by molar-refractivity contribution is 4.76. The molecule has 1 fully saturated rings. The maximum Gasteiger partial charge on any atom is 0.0108 e. The van der Waals surface area contributed by atoms with Gasteiger partial charge in [-0.15, -0.1) is 0 Å². The smallest absolute Gasteiger partial charge is 0.0108 e. The molecule has 0 saturated carbocycles. The van der Waals surface area contributed by atoms with Crippen molar-refractivity contribution < 1.29 is 0 Å². The molecule has 1 aliphatic heterocycles. The van der Waals surface area contributed by atoms with Crippen LogP contribution in [-0.2, 0) is 0 Å². The van der Waals surface area contributed by atoms with Crippen molar-refractivity contribution in [3.8, 4) is 0 Å². The van der Waals surface area contributed by atoms with E-state index in [1.165, 1.54) is 19.4 Å². The SMILES string of the molecule is C[C@H]1CC[C@@H](C)N(CCN)C1. The molecule has 0 spiro atoms. The standard InChI is InChI=1S/C9H20N2/c1-8-3-4-9(2)11(7-8)6-5-10/h8-9H,3-7,10H2,1-2H3/t8-,9+/m0/s1. The Morgan fingerprint density at radius 3 is 2.73 bits per heavy atom. The predicted molar refractivity (Wildman–Crippen MR) is 48.5 cm³/mol. The van der Waals surface area contributed by atoms with Crippen LogP contribution in [0.4, 0.5) is 0 Å². The Hall–Kier alpha value is -0.0800. The predicted octanol–water partition coefficient (Wildman–Crippen LogP) is 1.07. The van der Waals surface area contributed by atoms with Crippen LogP contribution in [0.15, 0.2) is 0 Å². The molecule has 0 radical (unpaired) electrons. The van der Waals surface area contributed by atoms with Crippen LogP contribution < -0.4 is 5.73 Å². The van der Waals surface area contributed by atoms with E-state index in [4.69, 9.17) is 5.73 Å². The molecule has 0 aromatic heterocycles. The highest BCUT2D eigenvalue weighted by Crippen LogP contribution is 2.20. The average Bonchev–Trinajstić information content (AvgIpc) is 1.98. The third-order valence-corrected chi connectivity index (χ3v) is 2.66. The summed E-state index contributed by atoms with van der Waals surface area (Å²) in [5.74, 6) is 0.873. The van der Waals surface area contributed by atoms with E-state index in [0.717, 1.165) is 25.0 Å². The van der Waals surface area contributed by atoms with Gasteiger partial charge in [0.1, 0.15) is 0 Å². The van der Waals surface area contributed by atoms with Gasteiger partial charge in [-0.1, -0.05) is 6.92 Å². The lowest BCUT2D eigenvalue weighted by Gasteiger charge is -2.36. The average molecular weight is 156 g/mol. The van der Waals surface area contributed by atoms with Gasteiger partial charge in [0.05, 0.1) is 0 Å². The molecule has 0 bridgehead atoms. The monoisotopic (exact) mass is 156 g/mol. The topological polar surface area (TPSA) is 29.3 Å². The molecule has 1 rings (SSSR count). The molecule has 2 N–H and O–H groups in total. The van der Waals surface area contributed by atoms with Gasteiger partial charge in [0.2, 0.25) is 0 Å². The normalized spacial score (nSPS) is 34.1. The Balaban J connectivity index is 2.34. The Bertz CT molecular complexity index is 114. The molecule has 0 aromatic rings. The zero-order valence-corrected chi connectivity index (χ0v) is 7.71. The lowest BCUT2D eigenvalue weighted by molar-refractivity contribution is 0.129. The van der Waals surface area contributed by atoms with E-state index in [9.17, 15) is 0 Å². The fraction of sp³-hybridized carbons (Fsp3) is 1.00. The van der Waals surface area contributed by atoms with Crippen molar-refractivity contribution >= 4 is 0 Å². The van der Waals surface area contributed by atoms with Crippen LogP contribution in [0.25, 0.3) is 0 Å². The number of hydrogen-bond acceptors (Lipinski definition) is 2. The van der Waals surface area contributed by atoms with Gasteiger partial charge in [-0.3, -0.25) is 4.90 Å². The van der Waals surface area contributed by atoms with E-state index in [0.29, 0.717) is 0 Å². The molecule has 0 amide bonds. The van der Waals surface area contributed by atoms with Gasteiger partial charge in [0.15, 0.2) is 0 Å². The minimum absolute atomic E-state index is 0.759. The Morgan fingerprint density at radius 2 is 2.09 bits per heavy atom. The first-order valence-corrected chi connectivity index (χ1v) is 4.68. The number of likely N-dealkylation sites (tertiary alicyclic amines) is 1. The van der Waals surface area contributed by atoms with Crippen LogP contribution in [0.2, 0.25) is 0 Å². The Labute approximate surface area is 69.8 Å². The van der Waals surface area contributed by atoms with E-state index < -0.39 is 0 Å². The van der Waals surface area contributed by atoms with Gasteiger partial charge >= 0.3 is 0 Å². The summed E-state index contributed by atoms with van der Waals surface area (Å²) in [4.78, 5) is 2.51. The molecule has 2 nitrogen and oxygen atoms in total. The number of hydrogen-bond donors (Lipinski definition) is 1. The van der Waals surface area contributed by atoms with Gasteiger partial charge in [-0.25, -0.2) is 0 Å². The first-order valence-electron chi connectivity index (χ1n) is 4.68. The van der Waals surface area contributed by atoms with Crippen molar-refractivity contribution in [3.05, 3.63) is 0 Å². The van der Waals surface area contributed by atoms with Gasteiger partial charge in [0.25, 0.3) is 0 Å². The van der Waals surface area contributed by atoms with Crippen molar-refractivity contribution in [2.75, 3.05) is 19.6 Å². The van der Waals surface area contributed by atoms with E-state index in [1.807, 2.05) is 0 Å². The van der Waals surface area contributed by atoms with Crippen LogP contribution >= 0.6 is 0 Å². The zero-order chi connectivity index (χ0) is 8.27. The van der Waals surface area contributed by atoms with Crippen molar-refractivity contribution in [1.82, 2.24) is 4.90 Å². The molecule has 11 heavy (non-hydrogen) atoms. The lowest BCUT2D eigenvalue weighted by Crippen LogP contribution is -2.43. The van der Waals surface area contributed by atoms with E-state index in [1.54, 1.807) is 0 Å². The summed E-state index contributed by atoms with van der Waals surface area (Å²) in [6.45, 7) is 7.76. The first-order chi connectivity index (χ1) is 5.24. The molecular weight excluding hydrogens is 136 g/mol. The number of rotatable bonds is 2. The quantitative estimate of drug-likeness (QED) is 0.648. The zero-order valence-electron chi connectivity index (χ0n) is 7.71. The number of piperidine rings is 1. The van der Waals surface area contributed by atoms with E-state index >= 15 is 0 Å². The largest absolute Gasteiger partial charge is 0.329 e. The molecule has 66 valence electrons. The summed E-state index contributed by atoms with van der Waals surface area (Å²) in [5.41, 5.74) is 5.53. The van der Waals surface area contributed by atoms with E-state index in [2.05, 4.69) is 18.7 Å². The molecule has 0 aromatic carbocycles. The van der Waals surface area contributed by atoms with Gasteiger partial charge in [-0.05, 0) is 25.7 Å². The van der Waals surface area contributed by atoms with Crippen molar-refractivity contribution in [1.29, 1.82) is 0 Å². The highest BCUT2D eigenvalue weighted by Gasteiger charge is 2.21. The fourth-order valence-electron chi connectivity index (χ4n) is 1.86. The summed E-state index contributed by atoms with van der Waals surface area (Å²) in [6.07, 6.45) is 2.74. The van der Waals surface area contributed by atoms with Crippen LogP contribution in [0.3, 0.4) is 0 Å². The third kappa shape index (κ3) is 2.46. The lowest BCUT2D eigenvalue weighted by atomic mass is 9.95. The Morgan fingerprint density at radius 1 is 1.36 bits per heavy atom. The van der Waals surface area contributed by atoms with E-state index in [-0.39, 0.29) is 0 Å². The minimum Gasteiger partial charge on any atom is -0.329 e. The third-order valence-electron chi connectivity index (χ3n) is 2.66. The van der Waals surface area contributed by atoms with Crippen LogP contribution in [0.1, 0.15) is 26.7 Å². The molecule has 1 aliphatic rings. The molecule has 1 heterocycles. The molecule has 2 atom stereocenters. The van der Waals surface area contributed by atoms with Gasteiger partial charge in [-0.2, -0.15) is 0 Å². The summed E-state index contributed by atoms with van der Waals surface area (Å²) < 4.78 is 0. The van der Waals surface area contributed by atoms with Crippen LogP contribution in [0, 0.1) is 5.92 Å². The second-order valence-corrected chi connectivity index (χ2v) is 3.82. The van der Waals surface area contributed by atoms with Crippen molar-refractivity contribution in [2.24, 2.45) is 11.7 Å². The molecule has 1 saturated heterocycles. The summed E-state index contributed by atoms with van der Waals surface area (Å²) >= 11 is 0. The maximum absolute atomic E-state index is 5.53. The first kappa shape index (κ1) is 9.01. The second-order valence-electron chi connectivity index (χ2n) is 3.82. The van der Waals surface area contributed by atoms with Gasteiger partial charge in [0, 0.05) is 25.7 Å². The maximum atomic E-state index is 5.53. The molecule has 0 unspecified atom stereocenters. The molecule has 2 heteroatoms. The Kier molecular flexibility index (Phi) is 3.34. The summed E-state index contributed by atoms with van der Waals surface area (Å²) in [7, 11) is 0. The highest BCUT2D eigenvalue weighted by atomic mass is 15.2. The van der Waals surface area contributed by atoms with Crippen molar-refractivity contribution in [3.63, 3.8) is 0 Å².